The normalized spacial score (nSPS) is 29.9. The van der Waals surface area contributed by atoms with E-state index in [-0.39, 0.29) is 47.9 Å². The first kappa shape index (κ1) is 40.3. The van der Waals surface area contributed by atoms with Crippen LogP contribution in [-0.2, 0) is 42.9 Å². The van der Waals surface area contributed by atoms with Crippen molar-refractivity contribution in [3.63, 3.8) is 0 Å². The van der Waals surface area contributed by atoms with Gasteiger partial charge >= 0.3 is 23.9 Å². The van der Waals surface area contributed by atoms with Crippen LogP contribution in [-0.4, -0.2) is 70.8 Å². The van der Waals surface area contributed by atoms with E-state index in [0.717, 1.165) is 25.0 Å². The number of methoxy groups -OCH3 is 1. The summed E-state index contributed by atoms with van der Waals surface area (Å²) in [6, 6.07) is 0. The fourth-order valence-electron chi connectivity index (χ4n) is 8.86. The first-order chi connectivity index (χ1) is 21.9. The Kier molecular flexibility index (Phi) is 12.3. The van der Waals surface area contributed by atoms with Crippen LogP contribution >= 0.6 is 0 Å². The minimum Gasteiger partial charge on any atom is -0.496 e. The third-order valence-corrected chi connectivity index (χ3v) is 20.0. The predicted octanol–water partition coefficient (Wildman–Crippen LogP) is 7.64. The van der Waals surface area contributed by atoms with E-state index in [1.54, 1.807) is 13.8 Å². The third-order valence-electron chi connectivity index (χ3n) is 11.4. The highest BCUT2D eigenvalue weighted by Crippen LogP contribution is 2.56. The van der Waals surface area contributed by atoms with Gasteiger partial charge in [0.15, 0.2) is 0 Å². The van der Waals surface area contributed by atoms with Gasteiger partial charge in [0.25, 0.3) is 0 Å². The molecule has 4 fully saturated rings. The molecule has 2 aliphatic heterocycles. The van der Waals surface area contributed by atoms with Crippen LogP contribution in [0.1, 0.15) is 92.9 Å². The molecule has 9 unspecified atom stereocenters. The summed E-state index contributed by atoms with van der Waals surface area (Å²) in [5, 5.41) is -0.0819. The summed E-state index contributed by atoms with van der Waals surface area (Å²) >= 11 is 0. The van der Waals surface area contributed by atoms with Gasteiger partial charge in [-0.25, -0.2) is 0 Å². The number of carbonyl (C=O) groups excluding carboxylic acids is 4. The molecule has 0 aromatic carbocycles. The molecule has 11 heteroatoms. The molecule has 0 amide bonds. The Balaban J connectivity index is 0.000000789. The summed E-state index contributed by atoms with van der Waals surface area (Å²) in [6.45, 7) is 28.4. The van der Waals surface area contributed by atoms with Gasteiger partial charge in [0.1, 0.15) is 12.2 Å². The highest BCUT2D eigenvalue weighted by atomic mass is 28.4. The lowest BCUT2D eigenvalue weighted by Gasteiger charge is -2.43. The van der Waals surface area contributed by atoms with Crippen LogP contribution < -0.4 is 0 Å². The summed E-state index contributed by atoms with van der Waals surface area (Å²) in [5.41, 5.74) is -3.13. The third kappa shape index (κ3) is 8.59. The molecule has 4 rings (SSSR count). The zero-order valence-corrected chi connectivity index (χ0v) is 34.1. The molecule has 2 saturated heterocycles. The van der Waals surface area contributed by atoms with Crippen LogP contribution in [0.15, 0.2) is 12.3 Å². The fourth-order valence-corrected chi connectivity index (χ4v) is 20.2. The SMILES string of the molecule is C=C1CCC(C)O1.CCC(C)(CC(C)(CC(C)(CC)C(=O)OC([Si](C)(C)C)[Si](C)(C)C)C(=O)OC1C2CC3C(=O)OC1C3C2)C(=O)OC. The second-order valence-electron chi connectivity index (χ2n) is 18.0. The molecule has 9 atom stereocenters. The van der Waals surface area contributed by atoms with E-state index in [2.05, 4.69) is 52.8 Å². The maximum Gasteiger partial charge on any atom is 0.312 e. The van der Waals surface area contributed by atoms with E-state index in [1.165, 1.54) is 7.11 Å². The summed E-state index contributed by atoms with van der Waals surface area (Å²) in [4.78, 5) is 53.6. The van der Waals surface area contributed by atoms with E-state index < -0.39 is 56.5 Å². The predicted molar refractivity (Wildman–Crippen MR) is 191 cm³/mol. The van der Waals surface area contributed by atoms with Crippen molar-refractivity contribution >= 4 is 40.0 Å². The number of fused-ring (bicyclic) bond motifs is 1. The van der Waals surface area contributed by atoms with Gasteiger partial charge in [-0.2, -0.15) is 0 Å². The molecule has 0 aromatic rings. The summed E-state index contributed by atoms with van der Waals surface area (Å²) < 4.78 is 28.6. The lowest BCUT2D eigenvalue weighted by molar-refractivity contribution is -0.179. The monoisotopic (exact) mass is 708 g/mol. The smallest absolute Gasteiger partial charge is 0.312 e. The zero-order valence-electron chi connectivity index (χ0n) is 32.1. The molecule has 0 radical (unpaired) electrons. The topological polar surface area (TPSA) is 114 Å². The Morgan fingerprint density at radius 2 is 1.42 bits per heavy atom. The molecule has 9 nitrogen and oxygen atoms in total. The molecule has 2 aliphatic carbocycles. The molecular weight excluding hydrogens is 645 g/mol. The number of ether oxygens (including phenoxy) is 5. The Morgan fingerprint density at radius 3 is 1.83 bits per heavy atom. The van der Waals surface area contributed by atoms with Crippen LogP contribution in [0, 0.1) is 34.0 Å². The molecule has 2 bridgehead atoms. The minimum atomic E-state index is -1.84. The molecule has 0 aromatic heterocycles. The fraction of sp³-hybridized carbons (Fsp3) is 0.838. The van der Waals surface area contributed by atoms with Crippen LogP contribution in [0.4, 0.5) is 0 Å². The number of esters is 4. The molecule has 2 heterocycles. The standard InChI is InChI=1S/C31H54O8Si2.C6H10O/c1-13-29(3,25(33)36-6)17-31(5,27(35)38-22-19-15-20-21(16-19)24(32)37-23(20)22)18-30(4,14-2)26(34)39-28(40(7,8)9)41(10,11)12;1-5-3-4-6(2)7-5/h19-23,28H,13-18H2,1-12H3;6H,1,3-4H2,2H3. The molecule has 48 heavy (non-hydrogen) atoms. The second-order valence-corrected chi connectivity index (χ2v) is 29.1. The maximum atomic E-state index is 14.3. The molecule has 2 saturated carbocycles. The first-order valence-electron chi connectivity index (χ1n) is 18.0. The Bertz CT molecular complexity index is 1220. The van der Waals surface area contributed by atoms with Gasteiger partial charge in [-0.15, -0.1) is 0 Å². The maximum absolute atomic E-state index is 14.3. The molecule has 274 valence electrons. The average Bonchev–Trinajstić information content (AvgIpc) is 3.72. The van der Waals surface area contributed by atoms with Crippen molar-refractivity contribution in [2.45, 2.75) is 156 Å². The molecule has 0 spiro atoms. The molecule has 0 N–H and O–H groups in total. The van der Waals surface area contributed by atoms with Gasteiger partial charge in [0.05, 0.1) is 62.6 Å². The van der Waals surface area contributed by atoms with Gasteiger partial charge in [-0.3, -0.25) is 19.2 Å². The lowest BCUT2D eigenvalue weighted by Crippen LogP contribution is -2.57. The van der Waals surface area contributed by atoms with Crippen molar-refractivity contribution in [1.29, 1.82) is 0 Å². The summed E-state index contributed by atoms with van der Waals surface area (Å²) in [7, 11) is -2.33. The summed E-state index contributed by atoms with van der Waals surface area (Å²) in [5.74, 6) is -0.285. The van der Waals surface area contributed by atoms with Gasteiger partial charge in [0.2, 0.25) is 0 Å². The van der Waals surface area contributed by atoms with Gasteiger partial charge < -0.3 is 23.7 Å². The zero-order chi connectivity index (χ0) is 36.6. The largest absolute Gasteiger partial charge is 0.496 e. The highest BCUT2D eigenvalue weighted by Gasteiger charge is 2.64. The van der Waals surface area contributed by atoms with E-state index in [4.69, 9.17) is 23.7 Å². The van der Waals surface area contributed by atoms with E-state index >= 15 is 0 Å². The number of allylic oxidation sites excluding steroid dienone is 1. The van der Waals surface area contributed by atoms with Crippen molar-refractivity contribution in [2.75, 3.05) is 7.11 Å². The van der Waals surface area contributed by atoms with E-state index in [1.807, 2.05) is 20.8 Å². The Morgan fingerprint density at radius 1 is 0.875 bits per heavy atom. The average molecular weight is 709 g/mol. The van der Waals surface area contributed by atoms with Crippen molar-refractivity contribution in [3.05, 3.63) is 12.3 Å². The number of hydrogen-bond acceptors (Lipinski definition) is 9. The number of carbonyl (C=O) groups is 4. The van der Waals surface area contributed by atoms with Crippen LogP contribution in [0.25, 0.3) is 0 Å². The van der Waals surface area contributed by atoms with E-state index in [9.17, 15) is 19.2 Å². The summed E-state index contributed by atoms with van der Waals surface area (Å²) in [6.07, 6.45) is 4.47. The van der Waals surface area contributed by atoms with Crippen molar-refractivity contribution in [2.24, 2.45) is 34.0 Å². The van der Waals surface area contributed by atoms with Crippen LogP contribution in [0.3, 0.4) is 0 Å². The van der Waals surface area contributed by atoms with Gasteiger partial charge in [-0.1, -0.05) is 59.7 Å². The minimum absolute atomic E-state index is 0.0819. The number of hydrogen-bond donors (Lipinski definition) is 0. The Labute approximate surface area is 291 Å². The van der Waals surface area contributed by atoms with Crippen molar-refractivity contribution in [3.8, 4) is 0 Å². The lowest BCUT2D eigenvalue weighted by atomic mass is 9.64. The van der Waals surface area contributed by atoms with Crippen molar-refractivity contribution < 1.29 is 42.9 Å². The van der Waals surface area contributed by atoms with Gasteiger partial charge in [-0.05, 0) is 72.6 Å². The van der Waals surface area contributed by atoms with Crippen LogP contribution in [0.2, 0.25) is 39.3 Å². The van der Waals surface area contributed by atoms with E-state index in [0.29, 0.717) is 25.4 Å². The van der Waals surface area contributed by atoms with Crippen LogP contribution in [0.5, 0.6) is 0 Å². The highest BCUT2D eigenvalue weighted by molar-refractivity contribution is 6.96. The quantitative estimate of drug-likeness (QED) is 0.108. The van der Waals surface area contributed by atoms with Crippen molar-refractivity contribution in [1.82, 2.24) is 0 Å². The second kappa shape index (κ2) is 14.6. The Hall–Kier alpha value is -2.15. The molecular formula is C37H64O9Si2. The molecule has 4 aliphatic rings. The van der Waals surface area contributed by atoms with Gasteiger partial charge in [0, 0.05) is 18.3 Å². The number of rotatable bonds is 13. The first-order valence-corrected chi connectivity index (χ1v) is 25.2.